The lowest BCUT2D eigenvalue weighted by Crippen LogP contribution is -2.21. The molecule has 0 fully saturated rings. The average Bonchev–Trinajstić information content (AvgIpc) is 2.60. The predicted molar refractivity (Wildman–Crippen MR) is 91.7 cm³/mol. The van der Waals surface area contributed by atoms with Gasteiger partial charge in [0.05, 0.1) is 4.92 Å². The number of nitro groups is 1. The van der Waals surface area contributed by atoms with Gasteiger partial charge in [0, 0.05) is 17.3 Å². The van der Waals surface area contributed by atoms with Crippen LogP contribution in [0.25, 0.3) is 16.8 Å². The van der Waals surface area contributed by atoms with Crippen LogP contribution in [0.1, 0.15) is 17.2 Å². The summed E-state index contributed by atoms with van der Waals surface area (Å²) in [7, 11) is 0. The summed E-state index contributed by atoms with van der Waals surface area (Å²) in [5.74, 6) is 0. The highest BCUT2D eigenvalue weighted by atomic mass is 16.6. The van der Waals surface area contributed by atoms with Gasteiger partial charge in [-0.3, -0.25) is 10.1 Å². The molecule has 4 nitrogen and oxygen atoms in total. The van der Waals surface area contributed by atoms with Gasteiger partial charge in [0.25, 0.3) is 5.70 Å². The van der Waals surface area contributed by atoms with E-state index in [-0.39, 0.29) is 10.6 Å². The molecule has 1 aliphatic rings. The number of hydrogen-bond acceptors (Lipinski definition) is 3. The van der Waals surface area contributed by atoms with Crippen LogP contribution < -0.4 is 5.32 Å². The van der Waals surface area contributed by atoms with Crippen molar-refractivity contribution >= 4 is 22.5 Å². The Morgan fingerprint density at radius 1 is 0.913 bits per heavy atom. The molecule has 0 saturated carbocycles. The first-order valence-electron chi connectivity index (χ1n) is 7.42. The second kappa shape index (κ2) is 5.25. The van der Waals surface area contributed by atoms with E-state index < -0.39 is 6.04 Å². The molecular weight excluding hydrogens is 288 g/mol. The topological polar surface area (TPSA) is 55.2 Å². The highest BCUT2D eigenvalue weighted by Gasteiger charge is 2.30. The van der Waals surface area contributed by atoms with Crippen LogP contribution in [0.3, 0.4) is 0 Å². The van der Waals surface area contributed by atoms with E-state index >= 15 is 0 Å². The molecule has 1 N–H and O–H groups in total. The molecule has 1 aliphatic heterocycles. The van der Waals surface area contributed by atoms with Gasteiger partial charge >= 0.3 is 0 Å². The lowest BCUT2D eigenvalue weighted by molar-refractivity contribution is -0.427. The summed E-state index contributed by atoms with van der Waals surface area (Å²) >= 11 is 0. The van der Waals surface area contributed by atoms with Gasteiger partial charge in [-0.15, -0.1) is 0 Å². The second-order valence-corrected chi connectivity index (χ2v) is 5.60. The maximum absolute atomic E-state index is 11.5. The van der Waals surface area contributed by atoms with Crippen LogP contribution in [0.4, 0.5) is 5.69 Å². The third kappa shape index (κ3) is 2.34. The molecule has 4 rings (SSSR count). The normalized spacial score (nSPS) is 16.3. The fourth-order valence-corrected chi connectivity index (χ4v) is 3.03. The van der Waals surface area contributed by atoms with Crippen molar-refractivity contribution in [3.8, 4) is 0 Å². The third-order valence-corrected chi connectivity index (χ3v) is 4.18. The van der Waals surface area contributed by atoms with Crippen LogP contribution in [0.15, 0.2) is 72.4 Å². The Bertz CT molecular complexity index is 947. The molecule has 0 saturated heterocycles. The van der Waals surface area contributed by atoms with E-state index in [1.165, 1.54) is 0 Å². The van der Waals surface area contributed by atoms with Crippen LogP contribution >= 0.6 is 0 Å². The van der Waals surface area contributed by atoms with Crippen molar-refractivity contribution in [2.75, 3.05) is 5.32 Å². The van der Waals surface area contributed by atoms with Crippen LogP contribution in [-0.2, 0) is 0 Å². The van der Waals surface area contributed by atoms with Gasteiger partial charge in [-0.1, -0.05) is 54.6 Å². The second-order valence-electron chi connectivity index (χ2n) is 5.60. The highest BCUT2D eigenvalue weighted by molar-refractivity contribution is 5.84. The summed E-state index contributed by atoms with van der Waals surface area (Å²) in [6, 6.07) is 21.1. The van der Waals surface area contributed by atoms with E-state index in [2.05, 4.69) is 5.32 Å². The highest BCUT2D eigenvalue weighted by Crippen LogP contribution is 2.36. The largest absolute Gasteiger partial charge is 0.368 e. The van der Waals surface area contributed by atoms with E-state index in [9.17, 15) is 10.1 Å². The number of fused-ring (bicyclic) bond motifs is 2. The van der Waals surface area contributed by atoms with Gasteiger partial charge in [0.2, 0.25) is 0 Å². The zero-order chi connectivity index (χ0) is 15.8. The van der Waals surface area contributed by atoms with Gasteiger partial charge in [0.15, 0.2) is 0 Å². The van der Waals surface area contributed by atoms with Crippen LogP contribution in [-0.4, -0.2) is 4.92 Å². The molecule has 0 aliphatic carbocycles. The van der Waals surface area contributed by atoms with Crippen molar-refractivity contribution in [1.29, 1.82) is 0 Å². The molecule has 3 aromatic carbocycles. The number of nitrogens with zero attached hydrogens (tertiary/aromatic N) is 1. The number of anilines is 1. The van der Waals surface area contributed by atoms with Crippen LogP contribution in [0.5, 0.6) is 0 Å². The molecule has 0 aromatic heterocycles. The first kappa shape index (κ1) is 13.5. The summed E-state index contributed by atoms with van der Waals surface area (Å²) in [5.41, 5.74) is 2.81. The zero-order valence-electron chi connectivity index (χ0n) is 12.3. The minimum atomic E-state index is -0.454. The van der Waals surface area contributed by atoms with E-state index in [1.807, 2.05) is 66.7 Å². The Hall–Kier alpha value is -3.14. The maximum Gasteiger partial charge on any atom is 0.273 e. The summed E-state index contributed by atoms with van der Waals surface area (Å²) < 4.78 is 0. The van der Waals surface area contributed by atoms with Crippen molar-refractivity contribution in [3.63, 3.8) is 0 Å². The molecule has 4 heteroatoms. The Balaban J connectivity index is 1.84. The van der Waals surface area contributed by atoms with Crippen molar-refractivity contribution in [3.05, 3.63) is 93.7 Å². The predicted octanol–water partition coefficient (Wildman–Crippen LogP) is 4.62. The molecule has 23 heavy (non-hydrogen) atoms. The van der Waals surface area contributed by atoms with Gasteiger partial charge in [-0.25, -0.2) is 0 Å². The fourth-order valence-electron chi connectivity index (χ4n) is 3.03. The van der Waals surface area contributed by atoms with E-state index in [4.69, 9.17) is 0 Å². The molecule has 3 aromatic rings. The monoisotopic (exact) mass is 302 g/mol. The number of nitrogens with one attached hydrogen (secondary N) is 1. The minimum absolute atomic E-state index is 0.166. The van der Waals surface area contributed by atoms with Crippen LogP contribution in [0.2, 0.25) is 0 Å². The fraction of sp³-hybridized carbons (Fsp3) is 0.0526. The zero-order valence-corrected chi connectivity index (χ0v) is 12.3. The SMILES string of the molecule is O=[N+]([O-])C1=Cc2ccccc2N[C@H]1c1ccc2ccccc2c1. The molecule has 0 bridgehead atoms. The number of hydrogen-bond donors (Lipinski definition) is 1. The number of benzene rings is 3. The third-order valence-electron chi connectivity index (χ3n) is 4.18. The van der Waals surface area contributed by atoms with E-state index in [0.717, 1.165) is 27.6 Å². The van der Waals surface area contributed by atoms with Gasteiger partial charge in [-0.2, -0.15) is 0 Å². The Kier molecular flexibility index (Phi) is 3.08. The summed E-state index contributed by atoms with van der Waals surface area (Å²) in [6.45, 7) is 0. The first-order valence-corrected chi connectivity index (χ1v) is 7.42. The molecule has 0 amide bonds. The molecule has 112 valence electrons. The average molecular weight is 302 g/mol. The van der Waals surface area contributed by atoms with Crippen molar-refractivity contribution in [1.82, 2.24) is 0 Å². The summed E-state index contributed by atoms with van der Waals surface area (Å²) in [6.07, 6.45) is 1.66. The molecule has 0 unspecified atom stereocenters. The number of para-hydroxylation sites is 1. The summed E-state index contributed by atoms with van der Waals surface area (Å²) in [4.78, 5) is 11.2. The lowest BCUT2D eigenvalue weighted by atomic mass is 9.95. The first-order chi connectivity index (χ1) is 11.2. The molecule has 0 spiro atoms. The maximum atomic E-state index is 11.5. The Morgan fingerprint density at radius 3 is 2.48 bits per heavy atom. The van der Waals surface area contributed by atoms with Crippen molar-refractivity contribution in [2.24, 2.45) is 0 Å². The smallest absolute Gasteiger partial charge is 0.273 e. The Morgan fingerprint density at radius 2 is 1.65 bits per heavy atom. The summed E-state index contributed by atoms with van der Waals surface area (Å²) in [5, 5.41) is 17.0. The van der Waals surface area contributed by atoms with E-state index in [1.54, 1.807) is 6.08 Å². The molecule has 0 radical (unpaired) electrons. The van der Waals surface area contributed by atoms with Crippen molar-refractivity contribution < 1.29 is 4.92 Å². The Labute approximate surface area is 133 Å². The molecule has 1 atom stereocenters. The van der Waals surface area contributed by atoms with Crippen molar-refractivity contribution in [2.45, 2.75) is 6.04 Å². The van der Waals surface area contributed by atoms with Gasteiger partial charge in [0.1, 0.15) is 6.04 Å². The number of rotatable bonds is 2. The van der Waals surface area contributed by atoms with Gasteiger partial charge in [-0.05, 0) is 28.5 Å². The van der Waals surface area contributed by atoms with E-state index in [0.29, 0.717) is 0 Å². The minimum Gasteiger partial charge on any atom is -0.368 e. The quantitative estimate of drug-likeness (QED) is 0.555. The molecular formula is C19H14N2O2. The molecule has 1 heterocycles. The lowest BCUT2D eigenvalue weighted by Gasteiger charge is -2.23. The standard InChI is InChI=1S/C19H14N2O2/c22-21(23)18-12-15-7-3-4-8-17(15)20-19(18)16-10-9-13-5-1-2-6-14(13)11-16/h1-12,19-20H/t19-/m0/s1. The van der Waals surface area contributed by atoms with Crippen LogP contribution in [0, 0.1) is 10.1 Å². The van der Waals surface area contributed by atoms with Gasteiger partial charge < -0.3 is 5.32 Å².